The second-order valence-corrected chi connectivity index (χ2v) is 16.8. The summed E-state index contributed by atoms with van der Waals surface area (Å²) in [4.78, 5) is 12.8. The zero-order valence-corrected chi connectivity index (χ0v) is 40.2. The lowest BCUT2D eigenvalue weighted by Crippen LogP contribution is -2.59. The van der Waals surface area contributed by atoms with Crippen molar-refractivity contribution in [1.29, 1.82) is 0 Å². The van der Waals surface area contributed by atoms with Crippen LogP contribution in [0, 0.1) is 0 Å². The lowest BCUT2D eigenvalue weighted by Gasteiger charge is -2.39. The Morgan fingerprint density at radius 3 is 1.36 bits per heavy atom. The van der Waals surface area contributed by atoms with Crippen LogP contribution in [-0.4, -0.2) is 89.6 Å². The van der Waals surface area contributed by atoms with Gasteiger partial charge in [-0.3, -0.25) is 4.79 Å². The number of aliphatic hydroxyl groups is 4. The van der Waals surface area contributed by atoms with Gasteiger partial charge in [-0.1, -0.05) is 182 Å². The van der Waals surface area contributed by atoms with Crippen LogP contribution in [0.1, 0.15) is 181 Å². The maximum Gasteiger partial charge on any atom is 0.306 e. The summed E-state index contributed by atoms with van der Waals surface area (Å²) in [6.07, 6.45) is 55.9. The first-order valence-electron chi connectivity index (χ1n) is 25.3. The average Bonchev–Trinajstić information content (AvgIpc) is 3.30. The molecule has 0 aliphatic carbocycles. The molecule has 0 saturated carbocycles. The Kier molecular flexibility index (Phi) is 41.8. The monoisotopic (exact) mass is 897 g/mol. The van der Waals surface area contributed by atoms with Crippen molar-refractivity contribution in [2.24, 2.45) is 0 Å². The van der Waals surface area contributed by atoms with Gasteiger partial charge in [0.15, 0.2) is 6.29 Å². The van der Waals surface area contributed by atoms with Crippen LogP contribution in [-0.2, 0) is 23.7 Å². The first-order valence-corrected chi connectivity index (χ1v) is 25.3. The van der Waals surface area contributed by atoms with E-state index in [4.69, 9.17) is 18.9 Å². The smallest absolute Gasteiger partial charge is 0.306 e. The van der Waals surface area contributed by atoms with Crippen LogP contribution in [0.5, 0.6) is 0 Å². The van der Waals surface area contributed by atoms with E-state index in [-0.39, 0.29) is 19.2 Å². The molecule has 9 heteroatoms. The minimum absolute atomic E-state index is 0.117. The van der Waals surface area contributed by atoms with Gasteiger partial charge in [-0.05, 0) is 89.9 Å². The number of carbonyl (C=O) groups is 1. The number of hydrogen-bond acceptors (Lipinski definition) is 9. The molecule has 1 rings (SSSR count). The van der Waals surface area contributed by atoms with E-state index in [1.54, 1.807) is 0 Å². The molecule has 1 saturated heterocycles. The highest BCUT2D eigenvalue weighted by Gasteiger charge is 2.44. The number of rotatable bonds is 42. The van der Waals surface area contributed by atoms with Gasteiger partial charge in [0.2, 0.25) is 0 Å². The molecule has 0 spiro atoms. The summed E-state index contributed by atoms with van der Waals surface area (Å²) in [6, 6.07) is 0. The van der Waals surface area contributed by atoms with Crippen molar-refractivity contribution in [3.8, 4) is 0 Å². The molecule has 0 aromatic heterocycles. The van der Waals surface area contributed by atoms with Gasteiger partial charge in [0.05, 0.1) is 19.8 Å². The largest absolute Gasteiger partial charge is 0.457 e. The van der Waals surface area contributed by atoms with Crippen LogP contribution >= 0.6 is 0 Å². The molecule has 1 heterocycles. The highest BCUT2D eigenvalue weighted by atomic mass is 16.7. The molecule has 366 valence electrons. The summed E-state index contributed by atoms with van der Waals surface area (Å²) in [7, 11) is 0. The van der Waals surface area contributed by atoms with Crippen LogP contribution in [0.25, 0.3) is 0 Å². The van der Waals surface area contributed by atoms with Crippen LogP contribution in [0.3, 0.4) is 0 Å². The summed E-state index contributed by atoms with van der Waals surface area (Å²) in [5.41, 5.74) is 0. The third kappa shape index (κ3) is 35.4. The number of esters is 1. The Balaban J connectivity index is 2.21. The Labute approximate surface area is 390 Å². The Bertz CT molecular complexity index is 1300. The summed E-state index contributed by atoms with van der Waals surface area (Å²) < 4.78 is 22.8. The number of unbranched alkanes of at least 4 members (excludes halogenated alkanes) is 15. The normalized spacial score (nSPS) is 20.4. The van der Waals surface area contributed by atoms with E-state index >= 15 is 0 Å². The molecule has 1 fully saturated rings. The van der Waals surface area contributed by atoms with Gasteiger partial charge in [-0.2, -0.15) is 0 Å². The van der Waals surface area contributed by atoms with Crippen molar-refractivity contribution in [3.63, 3.8) is 0 Å². The molecule has 6 atom stereocenters. The van der Waals surface area contributed by atoms with E-state index in [0.717, 1.165) is 96.3 Å². The third-order valence-corrected chi connectivity index (χ3v) is 11.0. The maximum atomic E-state index is 12.8. The molecule has 4 N–H and O–H groups in total. The molecule has 0 aromatic carbocycles. The van der Waals surface area contributed by atoms with E-state index in [9.17, 15) is 25.2 Å². The molecular weight excluding hydrogens is 805 g/mol. The minimum Gasteiger partial charge on any atom is -0.457 e. The zero-order chi connectivity index (χ0) is 46.4. The summed E-state index contributed by atoms with van der Waals surface area (Å²) >= 11 is 0. The lowest BCUT2D eigenvalue weighted by molar-refractivity contribution is -0.305. The van der Waals surface area contributed by atoms with Gasteiger partial charge in [-0.15, -0.1) is 0 Å². The fraction of sp³-hybridized carbons (Fsp3) is 0.691. The van der Waals surface area contributed by atoms with Gasteiger partial charge < -0.3 is 39.4 Å². The maximum absolute atomic E-state index is 12.8. The van der Waals surface area contributed by atoms with Crippen LogP contribution in [0.2, 0.25) is 0 Å². The molecule has 0 amide bonds. The van der Waals surface area contributed by atoms with Crippen molar-refractivity contribution < 1.29 is 44.2 Å². The van der Waals surface area contributed by atoms with E-state index in [1.807, 2.05) is 0 Å². The first-order chi connectivity index (χ1) is 31.4. The minimum atomic E-state index is -1.55. The summed E-state index contributed by atoms with van der Waals surface area (Å²) in [5, 5.41) is 40.2. The number of hydrogen-bond donors (Lipinski definition) is 4. The highest BCUT2D eigenvalue weighted by molar-refractivity contribution is 5.69. The van der Waals surface area contributed by atoms with E-state index in [2.05, 4.69) is 111 Å². The third-order valence-electron chi connectivity index (χ3n) is 11.0. The lowest BCUT2D eigenvalue weighted by atomic mass is 9.99. The Morgan fingerprint density at radius 2 is 0.906 bits per heavy atom. The molecular formula is C55H92O9. The second-order valence-electron chi connectivity index (χ2n) is 16.8. The predicted octanol–water partition coefficient (Wildman–Crippen LogP) is 12.4. The number of allylic oxidation sites excluding steroid dienone is 16. The van der Waals surface area contributed by atoms with Crippen molar-refractivity contribution in [3.05, 3.63) is 97.2 Å². The molecule has 6 unspecified atom stereocenters. The Hall–Kier alpha value is -2.89. The van der Waals surface area contributed by atoms with Crippen molar-refractivity contribution >= 4 is 5.97 Å². The molecule has 0 bridgehead atoms. The number of aliphatic hydroxyl groups excluding tert-OH is 4. The summed E-state index contributed by atoms with van der Waals surface area (Å²) in [6.45, 7) is 4.25. The second kappa shape index (κ2) is 45.3. The molecule has 0 aromatic rings. The average molecular weight is 897 g/mol. The zero-order valence-electron chi connectivity index (χ0n) is 40.2. The van der Waals surface area contributed by atoms with Crippen molar-refractivity contribution in [1.82, 2.24) is 0 Å². The van der Waals surface area contributed by atoms with Crippen LogP contribution < -0.4 is 0 Å². The fourth-order valence-electron chi connectivity index (χ4n) is 7.12. The van der Waals surface area contributed by atoms with Crippen LogP contribution in [0.15, 0.2) is 97.2 Å². The molecule has 1 aliphatic rings. The highest BCUT2D eigenvalue weighted by Crippen LogP contribution is 2.22. The first kappa shape index (κ1) is 59.1. The topological polar surface area (TPSA) is 135 Å². The van der Waals surface area contributed by atoms with Gasteiger partial charge in [0.1, 0.15) is 30.5 Å². The SMILES string of the molecule is CC/C=C\C/C=C\C/C=C\C/C=C\CCCCCCCCCCCCCCC(=O)OC(COCCCCC/C=C\C/C=C\C/C=C\C/C=C\CC)COC1OC(CO)C(O)C(O)C1O. The Morgan fingerprint density at radius 1 is 0.500 bits per heavy atom. The molecule has 0 radical (unpaired) electrons. The molecule has 1 aliphatic heterocycles. The fourth-order valence-corrected chi connectivity index (χ4v) is 7.12. The summed E-state index contributed by atoms with van der Waals surface area (Å²) in [5.74, 6) is -0.331. The van der Waals surface area contributed by atoms with Crippen LogP contribution in [0.4, 0.5) is 0 Å². The van der Waals surface area contributed by atoms with E-state index in [1.165, 1.54) is 64.2 Å². The van der Waals surface area contributed by atoms with E-state index < -0.39 is 43.4 Å². The van der Waals surface area contributed by atoms with Gasteiger partial charge >= 0.3 is 5.97 Å². The van der Waals surface area contributed by atoms with Gasteiger partial charge in [0.25, 0.3) is 0 Å². The number of ether oxygens (including phenoxy) is 4. The predicted molar refractivity (Wildman–Crippen MR) is 265 cm³/mol. The van der Waals surface area contributed by atoms with Crippen molar-refractivity contribution in [2.45, 2.75) is 218 Å². The molecule has 64 heavy (non-hydrogen) atoms. The quantitative estimate of drug-likeness (QED) is 0.0268. The molecule has 9 nitrogen and oxygen atoms in total. The standard InChI is InChI=1S/C55H92O9/c1-3-5-7-9-11-13-15-17-19-21-22-23-24-25-26-27-28-29-30-32-34-36-38-40-42-44-51(57)63-49(48-62-55-54(60)53(59)52(58)50(46-56)64-55)47-61-45-43-41-39-37-35-33-31-20-18-16-14-12-10-8-6-4-2/h5-8,11-14,17-20,22-23,33,35,49-50,52-56,58-60H,3-4,9-10,15-16,21,24-32,34,36-48H2,1-2H3/b7-5-,8-6-,13-11-,14-12-,19-17-,20-18-,23-22-,35-33-. The van der Waals surface area contributed by atoms with Gasteiger partial charge in [-0.25, -0.2) is 0 Å². The number of carbonyl (C=O) groups excluding carboxylic acids is 1. The van der Waals surface area contributed by atoms with E-state index in [0.29, 0.717) is 13.0 Å². The van der Waals surface area contributed by atoms with Gasteiger partial charge in [0, 0.05) is 13.0 Å². The van der Waals surface area contributed by atoms with Crippen molar-refractivity contribution in [2.75, 3.05) is 26.4 Å².